The molecule has 3 aromatic rings. The van der Waals surface area contributed by atoms with Gasteiger partial charge in [0.05, 0.1) is 6.54 Å². The van der Waals surface area contributed by atoms with Crippen molar-refractivity contribution in [2.24, 2.45) is 0 Å². The highest BCUT2D eigenvalue weighted by Gasteiger charge is 2.11. The summed E-state index contributed by atoms with van der Waals surface area (Å²) in [6, 6.07) is 14.0. The Morgan fingerprint density at radius 2 is 1.80 bits per heavy atom. The van der Waals surface area contributed by atoms with E-state index in [-0.39, 0.29) is 18.4 Å². The molecule has 2 aromatic carbocycles. The van der Waals surface area contributed by atoms with E-state index in [2.05, 4.69) is 25.9 Å². The standard InChI is InChI=1S/C22H22ClN5O2/c1-3-15-6-9-18(27-20-10-14(2)25-13-26-20)11-19(15)28-21(29)12-24-22(30)16-4-7-17(23)8-5-16/h4-11,13H,3,12H2,1-2H3,(H,24,30)(H,28,29)(H,25,26,27). The summed E-state index contributed by atoms with van der Waals surface area (Å²) >= 11 is 5.83. The number of anilines is 3. The number of aromatic nitrogens is 2. The van der Waals surface area contributed by atoms with Crippen LogP contribution in [-0.2, 0) is 11.2 Å². The molecule has 0 aliphatic rings. The van der Waals surface area contributed by atoms with Crippen molar-refractivity contribution in [1.29, 1.82) is 0 Å². The van der Waals surface area contributed by atoms with E-state index in [1.807, 2.05) is 38.1 Å². The van der Waals surface area contributed by atoms with Gasteiger partial charge in [0.2, 0.25) is 5.91 Å². The first kappa shape index (κ1) is 21.3. The van der Waals surface area contributed by atoms with Gasteiger partial charge in [-0.2, -0.15) is 0 Å². The Morgan fingerprint density at radius 3 is 2.50 bits per heavy atom. The summed E-state index contributed by atoms with van der Waals surface area (Å²) in [6.45, 7) is 3.75. The van der Waals surface area contributed by atoms with Gasteiger partial charge in [-0.3, -0.25) is 9.59 Å². The van der Waals surface area contributed by atoms with Crippen molar-refractivity contribution in [2.45, 2.75) is 20.3 Å². The number of hydrogen-bond acceptors (Lipinski definition) is 5. The van der Waals surface area contributed by atoms with Crippen molar-refractivity contribution in [3.05, 3.63) is 76.7 Å². The molecule has 0 fully saturated rings. The Kier molecular flexibility index (Phi) is 6.98. The number of hydrogen-bond donors (Lipinski definition) is 3. The van der Waals surface area contributed by atoms with E-state index < -0.39 is 0 Å². The third-order valence-corrected chi connectivity index (χ3v) is 4.61. The molecular weight excluding hydrogens is 402 g/mol. The number of nitrogens with zero attached hydrogens (tertiary/aromatic N) is 2. The van der Waals surface area contributed by atoms with Crippen molar-refractivity contribution in [2.75, 3.05) is 17.2 Å². The Balaban J connectivity index is 1.64. The van der Waals surface area contributed by atoms with E-state index in [0.29, 0.717) is 22.1 Å². The van der Waals surface area contributed by atoms with Crippen molar-refractivity contribution in [3.63, 3.8) is 0 Å². The van der Waals surface area contributed by atoms with Gasteiger partial charge in [-0.25, -0.2) is 9.97 Å². The van der Waals surface area contributed by atoms with Crippen LogP contribution >= 0.6 is 11.6 Å². The van der Waals surface area contributed by atoms with Crippen LogP contribution in [-0.4, -0.2) is 28.3 Å². The molecule has 0 saturated carbocycles. The molecule has 0 atom stereocenters. The Morgan fingerprint density at radius 1 is 1.03 bits per heavy atom. The zero-order valence-corrected chi connectivity index (χ0v) is 17.5. The summed E-state index contributed by atoms with van der Waals surface area (Å²) in [5.41, 5.74) is 3.73. The Bertz CT molecular complexity index is 1050. The molecule has 3 N–H and O–H groups in total. The fourth-order valence-electron chi connectivity index (χ4n) is 2.81. The van der Waals surface area contributed by atoms with Crippen LogP contribution in [0.25, 0.3) is 0 Å². The van der Waals surface area contributed by atoms with E-state index in [4.69, 9.17) is 11.6 Å². The Hall–Kier alpha value is -3.45. The zero-order chi connectivity index (χ0) is 21.5. The highest BCUT2D eigenvalue weighted by atomic mass is 35.5. The first-order valence-corrected chi connectivity index (χ1v) is 9.84. The average molecular weight is 424 g/mol. The minimum atomic E-state index is -0.341. The van der Waals surface area contributed by atoms with Gasteiger partial charge in [-0.05, 0) is 55.3 Å². The SMILES string of the molecule is CCc1ccc(Nc2cc(C)ncn2)cc1NC(=O)CNC(=O)c1ccc(Cl)cc1. The molecular formula is C22H22ClN5O2. The molecule has 30 heavy (non-hydrogen) atoms. The van der Waals surface area contributed by atoms with Gasteiger partial charge in [-0.1, -0.05) is 24.6 Å². The van der Waals surface area contributed by atoms with Crippen LogP contribution in [0.15, 0.2) is 54.9 Å². The molecule has 0 unspecified atom stereocenters. The monoisotopic (exact) mass is 423 g/mol. The smallest absolute Gasteiger partial charge is 0.251 e. The van der Waals surface area contributed by atoms with Gasteiger partial charge >= 0.3 is 0 Å². The number of halogens is 1. The minimum Gasteiger partial charge on any atom is -0.343 e. The molecule has 8 heteroatoms. The molecule has 1 aromatic heterocycles. The van der Waals surface area contributed by atoms with Gasteiger partial charge in [0.25, 0.3) is 5.91 Å². The molecule has 0 aliphatic carbocycles. The van der Waals surface area contributed by atoms with Crippen LogP contribution in [0.1, 0.15) is 28.5 Å². The lowest BCUT2D eigenvalue weighted by atomic mass is 10.1. The molecule has 2 amide bonds. The fraction of sp³-hybridized carbons (Fsp3) is 0.182. The highest BCUT2D eigenvalue weighted by Crippen LogP contribution is 2.24. The summed E-state index contributed by atoms with van der Waals surface area (Å²) < 4.78 is 0. The van der Waals surface area contributed by atoms with Crippen LogP contribution in [0.2, 0.25) is 5.02 Å². The predicted octanol–water partition coefficient (Wildman–Crippen LogP) is 4.11. The summed E-state index contributed by atoms with van der Waals surface area (Å²) in [6.07, 6.45) is 2.24. The molecule has 0 aliphatic heterocycles. The van der Waals surface area contributed by atoms with Crippen molar-refractivity contribution >= 4 is 40.6 Å². The van der Waals surface area contributed by atoms with E-state index in [1.54, 1.807) is 24.3 Å². The van der Waals surface area contributed by atoms with E-state index in [9.17, 15) is 9.59 Å². The van der Waals surface area contributed by atoms with Crippen LogP contribution < -0.4 is 16.0 Å². The minimum absolute atomic E-state index is 0.145. The van der Waals surface area contributed by atoms with Gasteiger partial charge in [0.1, 0.15) is 12.1 Å². The molecule has 0 bridgehead atoms. The molecule has 1 heterocycles. The third kappa shape index (κ3) is 5.78. The molecule has 154 valence electrons. The lowest BCUT2D eigenvalue weighted by Gasteiger charge is -2.13. The molecule has 0 spiro atoms. The first-order valence-electron chi connectivity index (χ1n) is 9.47. The number of rotatable bonds is 7. The maximum atomic E-state index is 12.4. The number of amides is 2. The van der Waals surface area contributed by atoms with Crippen molar-refractivity contribution < 1.29 is 9.59 Å². The summed E-state index contributed by atoms with van der Waals surface area (Å²) in [5.74, 6) is 0.00776. The van der Waals surface area contributed by atoms with Crippen LogP contribution in [0.5, 0.6) is 0 Å². The third-order valence-electron chi connectivity index (χ3n) is 4.36. The largest absolute Gasteiger partial charge is 0.343 e. The maximum Gasteiger partial charge on any atom is 0.251 e. The molecule has 3 rings (SSSR count). The van der Waals surface area contributed by atoms with Gasteiger partial charge < -0.3 is 16.0 Å². The average Bonchev–Trinajstić information content (AvgIpc) is 2.73. The molecule has 7 nitrogen and oxygen atoms in total. The number of benzene rings is 2. The first-order chi connectivity index (χ1) is 14.4. The predicted molar refractivity (Wildman–Crippen MR) is 118 cm³/mol. The second-order valence-electron chi connectivity index (χ2n) is 6.63. The van der Waals surface area contributed by atoms with Gasteiger partial charge in [0, 0.05) is 33.7 Å². The van der Waals surface area contributed by atoms with E-state index >= 15 is 0 Å². The normalized spacial score (nSPS) is 10.4. The van der Waals surface area contributed by atoms with Crippen molar-refractivity contribution in [3.8, 4) is 0 Å². The number of carbonyl (C=O) groups is 2. The van der Waals surface area contributed by atoms with Gasteiger partial charge in [-0.15, -0.1) is 0 Å². The van der Waals surface area contributed by atoms with Gasteiger partial charge in [0.15, 0.2) is 0 Å². The molecule has 0 saturated heterocycles. The number of nitrogens with one attached hydrogen (secondary N) is 3. The summed E-state index contributed by atoms with van der Waals surface area (Å²) in [4.78, 5) is 32.8. The van der Waals surface area contributed by atoms with Crippen molar-refractivity contribution in [1.82, 2.24) is 15.3 Å². The zero-order valence-electron chi connectivity index (χ0n) is 16.7. The summed E-state index contributed by atoms with van der Waals surface area (Å²) in [5, 5.41) is 9.22. The van der Waals surface area contributed by atoms with E-state index in [0.717, 1.165) is 23.4 Å². The second kappa shape index (κ2) is 9.84. The van der Waals surface area contributed by atoms with Crippen LogP contribution in [0.4, 0.5) is 17.2 Å². The lowest BCUT2D eigenvalue weighted by molar-refractivity contribution is -0.115. The van der Waals surface area contributed by atoms with E-state index in [1.165, 1.54) is 6.33 Å². The van der Waals surface area contributed by atoms with Crippen LogP contribution in [0.3, 0.4) is 0 Å². The number of carbonyl (C=O) groups excluding carboxylic acids is 2. The topological polar surface area (TPSA) is 96.0 Å². The van der Waals surface area contributed by atoms with Crippen LogP contribution in [0, 0.1) is 6.92 Å². The maximum absolute atomic E-state index is 12.4. The second-order valence-corrected chi connectivity index (χ2v) is 7.07. The Labute approximate surface area is 179 Å². The quantitative estimate of drug-likeness (QED) is 0.531. The number of aryl methyl sites for hydroxylation is 2. The summed E-state index contributed by atoms with van der Waals surface area (Å²) in [7, 11) is 0. The molecule has 0 radical (unpaired) electrons. The fourth-order valence-corrected chi connectivity index (χ4v) is 2.93. The lowest BCUT2D eigenvalue weighted by Crippen LogP contribution is -2.33. The highest BCUT2D eigenvalue weighted by molar-refractivity contribution is 6.30.